The molecule has 2 aromatic heterocycles. The Morgan fingerprint density at radius 1 is 1.19 bits per heavy atom. The molecule has 3 aromatic rings. The highest BCUT2D eigenvalue weighted by atomic mass is 16.5. The van der Waals surface area contributed by atoms with Crippen LogP contribution in [-0.4, -0.2) is 17.3 Å². The molecule has 0 radical (unpaired) electrons. The van der Waals surface area contributed by atoms with Gasteiger partial charge >= 0.3 is 0 Å². The molecule has 0 saturated carbocycles. The van der Waals surface area contributed by atoms with Crippen molar-refractivity contribution in [3.63, 3.8) is 0 Å². The Hall–Kier alpha value is -3.02. The Morgan fingerprint density at radius 3 is 2.76 bits per heavy atom. The highest BCUT2D eigenvalue weighted by molar-refractivity contribution is 5.88. The van der Waals surface area contributed by atoms with E-state index in [2.05, 4.69) is 10.1 Å². The van der Waals surface area contributed by atoms with E-state index in [1.807, 2.05) is 24.3 Å². The van der Waals surface area contributed by atoms with Gasteiger partial charge < -0.3 is 20.0 Å². The highest BCUT2D eigenvalue weighted by Gasteiger charge is 2.20. The molecule has 0 aliphatic heterocycles. The van der Waals surface area contributed by atoms with E-state index in [4.69, 9.17) is 15.0 Å². The number of H-pyrrole nitrogens is 1. The van der Waals surface area contributed by atoms with Gasteiger partial charge in [0.25, 0.3) is 0 Å². The minimum absolute atomic E-state index is 0.228. The second kappa shape index (κ2) is 5.16. The zero-order chi connectivity index (χ0) is 14.8. The van der Waals surface area contributed by atoms with Crippen LogP contribution in [0.15, 0.2) is 51.8 Å². The second-order valence-electron chi connectivity index (χ2n) is 4.40. The lowest BCUT2D eigenvalue weighted by Crippen LogP contribution is -2.03. The number of aromatic amines is 1. The molecule has 0 aliphatic carbocycles. The van der Waals surface area contributed by atoms with Gasteiger partial charge in [0.05, 0.1) is 18.4 Å². The van der Waals surface area contributed by atoms with Crippen molar-refractivity contribution in [2.75, 3.05) is 12.8 Å². The smallest absolute Gasteiger partial charge is 0.248 e. The largest absolute Gasteiger partial charge is 0.496 e. The number of hydrogen-bond acceptors (Lipinski definition) is 5. The minimum Gasteiger partial charge on any atom is -0.496 e. The van der Waals surface area contributed by atoms with Crippen molar-refractivity contribution in [1.29, 1.82) is 0 Å². The van der Waals surface area contributed by atoms with Crippen LogP contribution in [0.2, 0.25) is 0 Å². The number of pyridine rings is 1. The van der Waals surface area contributed by atoms with E-state index in [0.29, 0.717) is 22.8 Å². The quantitative estimate of drug-likeness (QED) is 0.769. The standard InChI is InChI=1S/C15H13N3O3/c1-20-11-7-3-2-5-9(11)13-14(21-18-15(13)16)10-6-4-8-12(19)17-10/h2-8H,1H3,(H2,16,18)(H,17,19). The van der Waals surface area contributed by atoms with Gasteiger partial charge in [0.15, 0.2) is 11.6 Å². The Bertz CT molecular complexity index is 836. The first-order valence-corrected chi connectivity index (χ1v) is 6.29. The van der Waals surface area contributed by atoms with Gasteiger partial charge in [0, 0.05) is 11.6 Å². The maximum Gasteiger partial charge on any atom is 0.248 e. The summed E-state index contributed by atoms with van der Waals surface area (Å²) in [5.41, 5.74) is 7.54. The summed E-state index contributed by atoms with van der Waals surface area (Å²) < 4.78 is 10.6. The molecule has 3 rings (SSSR count). The lowest BCUT2D eigenvalue weighted by molar-refractivity contribution is 0.416. The van der Waals surface area contributed by atoms with Gasteiger partial charge in [-0.15, -0.1) is 0 Å². The Kier molecular flexibility index (Phi) is 3.19. The third kappa shape index (κ3) is 2.27. The Morgan fingerprint density at radius 2 is 2.00 bits per heavy atom. The molecule has 0 saturated heterocycles. The molecule has 0 aliphatic rings. The molecule has 6 heteroatoms. The molecule has 106 valence electrons. The van der Waals surface area contributed by atoms with Gasteiger partial charge in [-0.1, -0.05) is 29.4 Å². The molecule has 0 spiro atoms. The van der Waals surface area contributed by atoms with E-state index in [9.17, 15) is 4.79 Å². The Balaban J connectivity index is 2.25. The van der Waals surface area contributed by atoms with Gasteiger partial charge in [0.2, 0.25) is 5.56 Å². The van der Waals surface area contributed by atoms with Gasteiger partial charge in [-0.05, 0) is 12.1 Å². The number of aromatic nitrogens is 2. The molecular formula is C15H13N3O3. The van der Waals surface area contributed by atoms with Gasteiger partial charge in [-0.2, -0.15) is 0 Å². The minimum atomic E-state index is -0.228. The summed E-state index contributed by atoms with van der Waals surface area (Å²) in [6.07, 6.45) is 0. The van der Waals surface area contributed by atoms with Crippen LogP contribution < -0.4 is 16.0 Å². The number of nitrogens with one attached hydrogen (secondary N) is 1. The van der Waals surface area contributed by atoms with Crippen molar-refractivity contribution < 1.29 is 9.26 Å². The van der Waals surface area contributed by atoms with Crippen LogP contribution in [0.4, 0.5) is 5.82 Å². The SMILES string of the molecule is COc1ccccc1-c1c(N)noc1-c1cccc(=O)[nH]1. The van der Waals surface area contributed by atoms with Crippen molar-refractivity contribution >= 4 is 5.82 Å². The molecule has 0 atom stereocenters. The summed E-state index contributed by atoms with van der Waals surface area (Å²) in [6.45, 7) is 0. The summed E-state index contributed by atoms with van der Waals surface area (Å²) in [4.78, 5) is 14.2. The number of rotatable bonds is 3. The number of hydrogen-bond donors (Lipinski definition) is 2. The number of nitrogens with zero attached hydrogens (tertiary/aromatic N) is 1. The van der Waals surface area contributed by atoms with Crippen LogP contribution in [0.1, 0.15) is 0 Å². The van der Waals surface area contributed by atoms with Crippen LogP contribution in [0, 0.1) is 0 Å². The van der Waals surface area contributed by atoms with E-state index >= 15 is 0 Å². The number of benzene rings is 1. The molecule has 0 amide bonds. The Labute approximate surface area is 120 Å². The fourth-order valence-electron chi connectivity index (χ4n) is 2.18. The van der Waals surface area contributed by atoms with Crippen LogP contribution in [0.25, 0.3) is 22.6 Å². The summed E-state index contributed by atoms with van der Waals surface area (Å²) in [6, 6.07) is 12.2. The van der Waals surface area contributed by atoms with Crippen LogP contribution in [-0.2, 0) is 0 Å². The van der Waals surface area contributed by atoms with Gasteiger partial charge in [-0.3, -0.25) is 4.79 Å². The zero-order valence-electron chi connectivity index (χ0n) is 11.3. The van der Waals surface area contributed by atoms with Crippen molar-refractivity contribution in [2.24, 2.45) is 0 Å². The van der Waals surface area contributed by atoms with Crippen LogP contribution >= 0.6 is 0 Å². The van der Waals surface area contributed by atoms with E-state index in [1.54, 1.807) is 19.2 Å². The predicted octanol–water partition coefficient (Wildman–Crippen LogP) is 2.29. The summed E-state index contributed by atoms with van der Waals surface area (Å²) in [7, 11) is 1.58. The molecular weight excluding hydrogens is 270 g/mol. The topological polar surface area (TPSA) is 94.1 Å². The van der Waals surface area contributed by atoms with Crippen molar-refractivity contribution in [1.82, 2.24) is 10.1 Å². The number of methoxy groups -OCH3 is 1. The summed E-state index contributed by atoms with van der Waals surface area (Å²) in [5, 5.41) is 3.80. The molecule has 3 N–H and O–H groups in total. The first kappa shape index (κ1) is 13.0. The molecule has 0 unspecified atom stereocenters. The fourth-order valence-corrected chi connectivity index (χ4v) is 2.18. The number of ether oxygens (including phenoxy) is 1. The lowest BCUT2D eigenvalue weighted by atomic mass is 10.0. The predicted molar refractivity (Wildman–Crippen MR) is 79.0 cm³/mol. The number of nitrogen functional groups attached to an aromatic ring is 1. The maximum absolute atomic E-state index is 11.5. The van der Waals surface area contributed by atoms with E-state index < -0.39 is 0 Å². The average molecular weight is 283 g/mol. The maximum atomic E-state index is 11.5. The average Bonchev–Trinajstić information content (AvgIpc) is 2.89. The van der Waals surface area contributed by atoms with Crippen molar-refractivity contribution in [2.45, 2.75) is 0 Å². The van der Waals surface area contributed by atoms with Crippen molar-refractivity contribution in [3.8, 4) is 28.3 Å². The molecule has 0 fully saturated rings. The molecule has 21 heavy (non-hydrogen) atoms. The number of anilines is 1. The first-order chi connectivity index (χ1) is 10.2. The van der Waals surface area contributed by atoms with E-state index in [1.165, 1.54) is 6.07 Å². The summed E-state index contributed by atoms with van der Waals surface area (Å²) in [5.74, 6) is 1.28. The number of nitrogens with two attached hydrogens (primary N) is 1. The highest BCUT2D eigenvalue weighted by Crippen LogP contribution is 2.39. The van der Waals surface area contributed by atoms with Gasteiger partial charge in [-0.25, -0.2) is 0 Å². The van der Waals surface area contributed by atoms with Gasteiger partial charge in [0.1, 0.15) is 5.75 Å². The summed E-state index contributed by atoms with van der Waals surface area (Å²) >= 11 is 0. The first-order valence-electron chi connectivity index (χ1n) is 6.29. The third-order valence-electron chi connectivity index (χ3n) is 3.11. The van der Waals surface area contributed by atoms with Crippen LogP contribution in [0.5, 0.6) is 5.75 Å². The van der Waals surface area contributed by atoms with Crippen LogP contribution in [0.3, 0.4) is 0 Å². The molecule has 1 aromatic carbocycles. The second-order valence-corrected chi connectivity index (χ2v) is 4.40. The normalized spacial score (nSPS) is 10.5. The van der Waals surface area contributed by atoms with E-state index in [0.717, 1.165) is 5.56 Å². The van der Waals surface area contributed by atoms with Crippen molar-refractivity contribution in [3.05, 3.63) is 52.8 Å². The lowest BCUT2D eigenvalue weighted by Gasteiger charge is -2.08. The number of para-hydroxylation sites is 1. The van der Waals surface area contributed by atoms with E-state index in [-0.39, 0.29) is 11.4 Å². The molecule has 6 nitrogen and oxygen atoms in total. The molecule has 2 heterocycles. The fraction of sp³-hybridized carbons (Fsp3) is 0.0667. The zero-order valence-corrected chi connectivity index (χ0v) is 11.3. The third-order valence-corrected chi connectivity index (χ3v) is 3.11. The molecule has 0 bridgehead atoms. The monoisotopic (exact) mass is 283 g/mol.